The van der Waals surface area contributed by atoms with E-state index in [0.29, 0.717) is 17.7 Å². The Balaban J connectivity index is 2.05. The molecular formula is C25H31N3O6. The molecule has 0 radical (unpaired) electrons. The van der Waals surface area contributed by atoms with Gasteiger partial charge in [0.2, 0.25) is 5.91 Å². The summed E-state index contributed by atoms with van der Waals surface area (Å²) >= 11 is 0. The summed E-state index contributed by atoms with van der Waals surface area (Å²) < 4.78 is 9.85. The maximum absolute atomic E-state index is 12.8. The van der Waals surface area contributed by atoms with Gasteiger partial charge >= 0.3 is 11.9 Å². The maximum atomic E-state index is 12.8. The van der Waals surface area contributed by atoms with Crippen LogP contribution < -0.4 is 16.2 Å². The molecule has 0 aliphatic heterocycles. The first-order chi connectivity index (χ1) is 16.2. The van der Waals surface area contributed by atoms with E-state index in [9.17, 15) is 19.2 Å². The number of methoxy groups -OCH3 is 1. The van der Waals surface area contributed by atoms with Crippen molar-refractivity contribution >= 4 is 29.4 Å². The van der Waals surface area contributed by atoms with E-state index in [1.807, 2.05) is 44.2 Å². The lowest BCUT2D eigenvalue weighted by Gasteiger charge is -2.25. The van der Waals surface area contributed by atoms with Gasteiger partial charge < -0.3 is 15.2 Å². The number of anilines is 1. The number of hydrazine groups is 1. The molecule has 2 aromatic rings. The quantitative estimate of drug-likeness (QED) is 0.404. The summed E-state index contributed by atoms with van der Waals surface area (Å²) in [4.78, 5) is 49.3. The highest BCUT2D eigenvalue weighted by atomic mass is 16.5. The van der Waals surface area contributed by atoms with Crippen LogP contribution in [0.15, 0.2) is 54.6 Å². The van der Waals surface area contributed by atoms with Crippen molar-refractivity contribution in [3.05, 3.63) is 65.7 Å². The van der Waals surface area contributed by atoms with E-state index in [1.54, 1.807) is 0 Å². The fourth-order valence-electron chi connectivity index (χ4n) is 2.92. The third-order valence-corrected chi connectivity index (χ3v) is 4.92. The Morgan fingerprint density at radius 3 is 2.24 bits per heavy atom. The number of nitrogens with zero attached hydrogens (tertiary/aromatic N) is 1. The van der Waals surface area contributed by atoms with E-state index in [1.165, 1.54) is 31.4 Å². The molecule has 1 unspecified atom stereocenters. The first kappa shape index (κ1) is 26.5. The molecule has 0 aliphatic rings. The normalized spacial score (nSPS) is 11.4. The van der Waals surface area contributed by atoms with Crippen LogP contribution in [0, 0.1) is 5.92 Å². The van der Waals surface area contributed by atoms with Crippen molar-refractivity contribution in [3.8, 4) is 0 Å². The smallest absolute Gasteiger partial charge is 0.337 e. The molecule has 34 heavy (non-hydrogen) atoms. The second-order valence-electron chi connectivity index (χ2n) is 8.13. The minimum absolute atomic E-state index is 0.0698. The van der Waals surface area contributed by atoms with Crippen molar-refractivity contribution in [1.29, 1.82) is 0 Å². The lowest BCUT2D eigenvalue weighted by atomic mass is 10.1. The van der Waals surface area contributed by atoms with Crippen molar-refractivity contribution in [2.24, 2.45) is 11.7 Å². The number of esters is 2. The summed E-state index contributed by atoms with van der Waals surface area (Å²) in [6, 6.07) is 13.9. The number of benzene rings is 2. The van der Waals surface area contributed by atoms with Crippen LogP contribution in [0.1, 0.15) is 49.0 Å². The highest BCUT2D eigenvalue weighted by molar-refractivity contribution is 5.98. The van der Waals surface area contributed by atoms with Crippen LogP contribution in [-0.2, 0) is 30.5 Å². The Hall–Kier alpha value is -3.72. The van der Waals surface area contributed by atoms with Gasteiger partial charge in [0.05, 0.1) is 30.8 Å². The van der Waals surface area contributed by atoms with Gasteiger partial charge in [0.15, 0.2) is 0 Å². The average molecular weight is 470 g/mol. The zero-order chi connectivity index (χ0) is 25.1. The van der Waals surface area contributed by atoms with Gasteiger partial charge in [-0.3, -0.25) is 19.8 Å². The lowest BCUT2D eigenvalue weighted by Crippen LogP contribution is -2.52. The van der Waals surface area contributed by atoms with Gasteiger partial charge in [0, 0.05) is 6.42 Å². The predicted molar refractivity (Wildman–Crippen MR) is 126 cm³/mol. The van der Waals surface area contributed by atoms with Crippen molar-refractivity contribution in [2.45, 2.75) is 45.8 Å². The minimum atomic E-state index is -1.22. The number of nitrogens with one attached hydrogen (secondary N) is 1. The van der Waals surface area contributed by atoms with Crippen LogP contribution >= 0.6 is 0 Å². The van der Waals surface area contributed by atoms with Gasteiger partial charge in [-0.1, -0.05) is 44.2 Å². The second kappa shape index (κ2) is 13.1. The minimum Gasteiger partial charge on any atom is -0.465 e. The SMILES string of the molecule is COC(=O)c1ccc(N(NC(=O)C(N)CC(=O)OCc2ccccc2)C(=O)CCC(C)C)cc1. The molecule has 182 valence electrons. The molecule has 3 N–H and O–H groups in total. The van der Waals surface area contributed by atoms with E-state index in [0.717, 1.165) is 10.6 Å². The molecule has 0 bridgehead atoms. The summed E-state index contributed by atoms with van der Waals surface area (Å²) in [5, 5.41) is 1.08. The van der Waals surface area contributed by atoms with Crippen molar-refractivity contribution in [2.75, 3.05) is 12.1 Å². The summed E-state index contributed by atoms with van der Waals surface area (Å²) in [6.07, 6.45) is 0.447. The first-order valence-corrected chi connectivity index (χ1v) is 11.0. The molecule has 2 aromatic carbocycles. The summed E-state index contributed by atoms with van der Waals surface area (Å²) in [5.41, 5.74) is 9.85. The Kier molecular flexibility index (Phi) is 10.2. The molecule has 0 heterocycles. The number of carbonyl (C=O) groups excluding carboxylic acids is 4. The molecule has 9 nitrogen and oxygen atoms in total. The second-order valence-corrected chi connectivity index (χ2v) is 8.13. The Labute approximate surface area is 199 Å². The van der Waals surface area contributed by atoms with E-state index in [2.05, 4.69) is 10.2 Å². The van der Waals surface area contributed by atoms with E-state index in [4.69, 9.17) is 10.5 Å². The largest absolute Gasteiger partial charge is 0.465 e. The molecule has 0 aliphatic carbocycles. The van der Waals surface area contributed by atoms with Crippen LogP contribution in [0.2, 0.25) is 0 Å². The molecule has 0 saturated heterocycles. The monoisotopic (exact) mass is 469 g/mol. The molecule has 2 rings (SSSR count). The van der Waals surface area contributed by atoms with Crippen LogP contribution in [0.4, 0.5) is 5.69 Å². The number of ether oxygens (including phenoxy) is 2. The van der Waals surface area contributed by atoms with Gasteiger partial charge in [0.25, 0.3) is 5.91 Å². The zero-order valence-corrected chi connectivity index (χ0v) is 19.7. The highest BCUT2D eigenvalue weighted by Gasteiger charge is 2.24. The number of carbonyl (C=O) groups is 4. The van der Waals surface area contributed by atoms with Crippen LogP contribution in [0.3, 0.4) is 0 Å². The van der Waals surface area contributed by atoms with Gasteiger partial charge in [0.1, 0.15) is 6.61 Å². The fraction of sp³-hybridized carbons (Fsp3) is 0.360. The molecule has 2 amide bonds. The van der Waals surface area contributed by atoms with Crippen LogP contribution in [0.5, 0.6) is 0 Å². The number of hydrogen-bond donors (Lipinski definition) is 2. The average Bonchev–Trinajstić information content (AvgIpc) is 2.84. The number of amides is 2. The summed E-state index contributed by atoms with van der Waals surface area (Å²) in [7, 11) is 1.27. The first-order valence-electron chi connectivity index (χ1n) is 11.0. The van der Waals surface area contributed by atoms with Gasteiger partial charge in [-0.05, 0) is 42.2 Å². The third kappa shape index (κ3) is 8.32. The fourth-order valence-corrected chi connectivity index (χ4v) is 2.92. The number of rotatable bonds is 10. The Morgan fingerprint density at radius 2 is 1.65 bits per heavy atom. The Bertz CT molecular complexity index is 976. The van der Waals surface area contributed by atoms with Crippen LogP contribution in [0.25, 0.3) is 0 Å². The van der Waals surface area contributed by atoms with E-state index < -0.39 is 23.9 Å². The van der Waals surface area contributed by atoms with Gasteiger partial charge in [-0.25, -0.2) is 9.80 Å². The van der Waals surface area contributed by atoms with Gasteiger partial charge in [-0.2, -0.15) is 0 Å². The van der Waals surface area contributed by atoms with Crippen molar-refractivity contribution in [1.82, 2.24) is 5.43 Å². The molecule has 0 fully saturated rings. The topological polar surface area (TPSA) is 128 Å². The van der Waals surface area contributed by atoms with E-state index >= 15 is 0 Å². The van der Waals surface area contributed by atoms with Gasteiger partial charge in [-0.15, -0.1) is 0 Å². The molecular weight excluding hydrogens is 438 g/mol. The zero-order valence-electron chi connectivity index (χ0n) is 19.7. The molecule has 0 spiro atoms. The van der Waals surface area contributed by atoms with Crippen LogP contribution in [-0.4, -0.2) is 36.9 Å². The molecule has 1 atom stereocenters. The number of nitrogens with two attached hydrogens (primary N) is 1. The highest BCUT2D eigenvalue weighted by Crippen LogP contribution is 2.17. The summed E-state index contributed by atoms with van der Waals surface area (Å²) in [5.74, 6) is -1.95. The third-order valence-electron chi connectivity index (χ3n) is 4.92. The van der Waals surface area contributed by atoms with Crippen molar-refractivity contribution in [3.63, 3.8) is 0 Å². The van der Waals surface area contributed by atoms with E-state index in [-0.39, 0.29) is 31.3 Å². The predicted octanol–water partition coefficient (Wildman–Crippen LogP) is 2.73. The number of hydrogen-bond acceptors (Lipinski definition) is 7. The van der Waals surface area contributed by atoms with Crippen molar-refractivity contribution < 1.29 is 28.7 Å². The lowest BCUT2D eigenvalue weighted by molar-refractivity contribution is -0.146. The standard InChI is InChI=1S/C25H31N3O6/c1-17(2)9-14-22(29)28(20-12-10-19(11-13-20)25(32)33-3)27-24(31)21(26)15-23(30)34-16-18-7-5-4-6-8-18/h4-8,10-13,17,21H,9,14-16,26H2,1-3H3,(H,27,31). The maximum Gasteiger partial charge on any atom is 0.337 e. The Morgan fingerprint density at radius 1 is 1.00 bits per heavy atom. The molecule has 9 heteroatoms. The molecule has 0 saturated carbocycles. The summed E-state index contributed by atoms with van der Waals surface area (Å²) in [6.45, 7) is 4.04. The molecule has 0 aromatic heterocycles.